The third-order valence-electron chi connectivity index (χ3n) is 1.63. The highest BCUT2D eigenvalue weighted by molar-refractivity contribution is 5.48. The van der Waals surface area contributed by atoms with Gasteiger partial charge in [-0.3, -0.25) is 0 Å². The number of hydrogen-bond acceptors (Lipinski definition) is 3. The van der Waals surface area contributed by atoms with Crippen molar-refractivity contribution in [3.05, 3.63) is 29.6 Å². The van der Waals surface area contributed by atoms with Gasteiger partial charge in [-0.2, -0.15) is 0 Å². The van der Waals surface area contributed by atoms with E-state index < -0.39 is 11.9 Å². The molecule has 12 heavy (non-hydrogen) atoms. The van der Waals surface area contributed by atoms with E-state index in [2.05, 4.69) is 0 Å². The minimum absolute atomic E-state index is 0.0792. The molecule has 0 saturated carbocycles. The Morgan fingerprint density at radius 2 is 2.17 bits per heavy atom. The number of benzene rings is 1. The molecule has 0 aliphatic rings. The van der Waals surface area contributed by atoms with E-state index in [1.807, 2.05) is 0 Å². The molecular weight excluding hydrogens is 159 g/mol. The van der Waals surface area contributed by atoms with Crippen LogP contribution in [-0.2, 0) is 0 Å². The van der Waals surface area contributed by atoms with Crippen molar-refractivity contribution in [3.63, 3.8) is 0 Å². The molecule has 0 heterocycles. The minimum atomic E-state index is -0.814. The molecular formula is C8H11FN2O. The van der Waals surface area contributed by atoms with Crippen molar-refractivity contribution in [3.8, 4) is 0 Å². The van der Waals surface area contributed by atoms with Gasteiger partial charge >= 0.3 is 0 Å². The van der Waals surface area contributed by atoms with Crippen LogP contribution in [-0.4, -0.2) is 11.7 Å². The smallest absolute Gasteiger partial charge is 0.125 e. The van der Waals surface area contributed by atoms with E-state index in [9.17, 15) is 9.50 Å². The molecule has 66 valence electrons. The van der Waals surface area contributed by atoms with Gasteiger partial charge in [0.1, 0.15) is 5.82 Å². The summed E-state index contributed by atoms with van der Waals surface area (Å²) in [4.78, 5) is 0. The SMILES string of the molecule is NCC(O)c1ccc(F)cc1N. The molecule has 1 rings (SSSR count). The molecule has 0 radical (unpaired) electrons. The Morgan fingerprint density at radius 3 is 2.67 bits per heavy atom. The van der Waals surface area contributed by atoms with E-state index in [1.165, 1.54) is 12.1 Å². The molecule has 1 unspecified atom stereocenters. The summed E-state index contributed by atoms with van der Waals surface area (Å²) in [5.74, 6) is -0.416. The van der Waals surface area contributed by atoms with E-state index in [1.54, 1.807) is 0 Å². The van der Waals surface area contributed by atoms with Crippen molar-refractivity contribution in [1.29, 1.82) is 0 Å². The highest BCUT2D eigenvalue weighted by Gasteiger charge is 2.08. The Morgan fingerprint density at radius 1 is 1.50 bits per heavy atom. The lowest BCUT2D eigenvalue weighted by Crippen LogP contribution is -2.13. The van der Waals surface area contributed by atoms with Gasteiger partial charge in [0.15, 0.2) is 0 Å². The zero-order valence-corrected chi connectivity index (χ0v) is 6.50. The van der Waals surface area contributed by atoms with Crippen LogP contribution in [0.2, 0.25) is 0 Å². The molecule has 1 aromatic rings. The molecule has 0 aliphatic heterocycles. The van der Waals surface area contributed by atoms with E-state index in [0.717, 1.165) is 6.07 Å². The first-order valence-electron chi connectivity index (χ1n) is 3.58. The molecule has 0 saturated heterocycles. The van der Waals surface area contributed by atoms with Crippen LogP contribution in [0.25, 0.3) is 0 Å². The van der Waals surface area contributed by atoms with Gasteiger partial charge in [0, 0.05) is 17.8 Å². The molecule has 0 aromatic heterocycles. The van der Waals surface area contributed by atoms with Crippen molar-refractivity contribution in [1.82, 2.24) is 0 Å². The summed E-state index contributed by atoms with van der Waals surface area (Å²) in [6.07, 6.45) is -0.814. The molecule has 0 bridgehead atoms. The van der Waals surface area contributed by atoms with Crippen LogP contribution in [0.4, 0.5) is 10.1 Å². The number of halogens is 1. The molecule has 5 N–H and O–H groups in total. The van der Waals surface area contributed by atoms with Gasteiger partial charge in [0.05, 0.1) is 6.10 Å². The van der Waals surface area contributed by atoms with Gasteiger partial charge < -0.3 is 16.6 Å². The number of aliphatic hydroxyl groups is 1. The maximum atomic E-state index is 12.5. The van der Waals surface area contributed by atoms with Crippen LogP contribution in [0.5, 0.6) is 0 Å². The fourth-order valence-electron chi connectivity index (χ4n) is 0.976. The second-order valence-electron chi connectivity index (χ2n) is 2.52. The third-order valence-corrected chi connectivity index (χ3v) is 1.63. The van der Waals surface area contributed by atoms with Crippen molar-refractivity contribution in [2.75, 3.05) is 12.3 Å². The molecule has 0 aliphatic carbocycles. The lowest BCUT2D eigenvalue weighted by Gasteiger charge is -2.10. The Hall–Kier alpha value is -1.13. The number of hydrogen-bond donors (Lipinski definition) is 3. The number of anilines is 1. The normalized spacial score (nSPS) is 12.9. The highest BCUT2D eigenvalue weighted by Crippen LogP contribution is 2.19. The average molecular weight is 170 g/mol. The molecule has 1 aromatic carbocycles. The lowest BCUT2D eigenvalue weighted by atomic mass is 10.1. The summed E-state index contributed by atoms with van der Waals surface area (Å²) >= 11 is 0. The van der Waals surface area contributed by atoms with Crippen LogP contribution >= 0.6 is 0 Å². The number of aliphatic hydroxyl groups excluding tert-OH is 1. The van der Waals surface area contributed by atoms with Gasteiger partial charge in [0.2, 0.25) is 0 Å². The van der Waals surface area contributed by atoms with Crippen molar-refractivity contribution in [2.24, 2.45) is 5.73 Å². The van der Waals surface area contributed by atoms with Gasteiger partial charge in [-0.25, -0.2) is 4.39 Å². The Bertz CT molecular complexity index is 278. The summed E-state index contributed by atoms with van der Waals surface area (Å²) < 4.78 is 12.5. The fraction of sp³-hybridized carbons (Fsp3) is 0.250. The largest absolute Gasteiger partial charge is 0.398 e. The Balaban J connectivity index is 3.01. The van der Waals surface area contributed by atoms with Crippen LogP contribution < -0.4 is 11.5 Å². The van der Waals surface area contributed by atoms with E-state index in [-0.39, 0.29) is 12.2 Å². The molecule has 0 spiro atoms. The lowest BCUT2D eigenvalue weighted by molar-refractivity contribution is 0.187. The standard InChI is InChI=1S/C8H11FN2O/c9-5-1-2-6(7(11)3-5)8(12)4-10/h1-3,8,12H,4,10-11H2. The van der Waals surface area contributed by atoms with Crippen LogP contribution in [0.15, 0.2) is 18.2 Å². The predicted molar refractivity (Wildman–Crippen MR) is 44.8 cm³/mol. The topological polar surface area (TPSA) is 72.3 Å². The monoisotopic (exact) mass is 170 g/mol. The summed E-state index contributed by atoms with van der Waals surface area (Å²) in [6.45, 7) is 0.0792. The minimum Gasteiger partial charge on any atom is -0.398 e. The van der Waals surface area contributed by atoms with Gasteiger partial charge in [-0.15, -0.1) is 0 Å². The summed E-state index contributed by atoms with van der Waals surface area (Å²) in [5, 5.41) is 9.27. The zero-order chi connectivity index (χ0) is 9.14. The van der Waals surface area contributed by atoms with Crippen LogP contribution in [0, 0.1) is 5.82 Å². The summed E-state index contributed by atoms with van der Waals surface area (Å²) in [7, 11) is 0. The first-order valence-corrected chi connectivity index (χ1v) is 3.58. The zero-order valence-electron chi connectivity index (χ0n) is 6.50. The first-order chi connectivity index (χ1) is 5.65. The third kappa shape index (κ3) is 1.72. The maximum absolute atomic E-state index is 12.5. The van der Waals surface area contributed by atoms with Gasteiger partial charge in [-0.1, -0.05) is 6.07 Å². The maximum Gasteiger partial charge on any atom is 0.125 e. The van der Waals surface area contributed by atoms with E-state index >= 15 is 0 Å². The fourth-order valence-corrected chi connectivity index (χ4v) is 0.976. The Labute approximate surface area is 69.8 Å². The molecule has 3 nitrogen and oxygen atoms in total. The quantitative estimate of drug-likeness (QED) is 0.562. The van der Waals surface area contributed by atoms with Crippen LogP contribution in [0.3, 0.4) is 0 Å². The summed E-state index contributed by atoms with van der Waals surface area (Å²) in [5.41, 5.74) is 11.4. The number of nitrogens with two attached hydrogens (primary N) is 2. The van der Waals surface area contributed by atoms with Gasteiger partial charge in [0.25, 0.3) is 0 Å². The number of nitrogen functional groups attached to an aromatic ring is 1. The molecule has 0 fully saturated rings. The highest BCUT2D eigenvalue weighted by atomic mass is 19.1. The second-order valence-corrected chi connectivity index (χ2v) is 2.52. The van der Waals surface area contributed by atoms with Gasteiger partial charge in [-0.05, 0) is 12.1 Å². The first kappa shape index (κ1) is 8.96. The average Bonchev–Trinajstić information content (AvgIpc) is 2.03. The molecule has 4 heteroatoms. The molecule has 0 amide bonds. The number of rotatable bonds is 2. The van der Waals surface area contributed by atoms with E-state index in [0.29, 0.717) is 5.56 Å². The van der Waals surface area contributed by atoms with Crippen molar-refractivity contribution < 1.29 is 9.50 Å². The summed E-state index contributed by atoms with van der Waals surface area (Å²) in [6, 6.07) is 3.83. The Kier molecular flexibility index (Phi) is 2.62. The molecule has 1 atom stereocenters. The van der Waals surface area contributed by atoms with Crippen LogP contribution in [0.1, 0.15) is 11.7 Å². The second kappa shape index (κ2) is 3.51. The van der Waals surface area contributed by atoms with Crippen molar-refractivity contribution >= 4 is 5.69 Å². The van der Waals surface area contributed by atoms with E-state index in [4.69, 9.17) is 11.5 Å². The van der Waals surface area contributed by atoms with Crippen molar-refractivity contribution in [2.45, 2.75) is 6.10 Å². The predicted octanol–water partition coefficient (Wildman–Crippen LogP) is 0.400.